The lowest BCUT2D eigenvalue weighted by atomic mass is 9.44. The Hall–Kier alpha value is -1.77. The fraction of sp³-hybridized carbons (Fsp3) is 0.844. The lowest BCUT2D eigenvalue weighted by Gasteiger charge is -2.62. The Morgan fingerprint density at radius 1 is 1.15 bits per heavy atom. The predicted octanol–water partition coefficient (Wildman–Crippen LogP) is 4.96. The molecule has 0 aromatic rings. The van der Waals surface area contributed by atoms with Gasteiger partial charge < -0.3 is 19.1 Å². The summed E-state index contributed by atoms with van der Waals surface area (Å²) in [5.74, 6) is 0.254. The van der Waals surface area contributed by atoms with Gasteiger partial charge in [0.15, 0.2) is 0 Å². The summed E-state index contributed by atoms with van der Waals surface area (Å²) >= 11 is 0. The van der Waals surface area contributed by atoms with Crippen LogP contribution in [0.1, 0.15) is 79.6 Å². The molecule has 4 bridgehead atoms. The third-order valence-electron chi connectivity index (χ3n) is 12.0. The molecule has 5 fully saturated rings. The molecule has 0 spiro atoms. The summed E-state index contributed by atoms with van der Waals surface area (Å²) < 4.78 is 18.2. The third-order valence-corrected chi connectivity index (χ3v) is 12.0. The van der Waals surface area contributed by atoms with Crippen LogP contribution in [0.2, 0.25) is 0 Å². The Morgan fingerprint density at radius 2 is 1.93 bits per heavy atom. The second-order valence-electron chi connectivity index (χ2n) is 14.0. The Balaban J connectivity index is 1.51. The van der Waals surface area contributed by atoms with Crippen molar-refractivity contribution in [3.05, 3.63) is 12.2 Å². The first kappa shape index (κ1) is 29.7. The molecular formula is C32H50N2O6. The number of allylic oxidation sites excluding steroid dienone is 1. The molecule has 40 heavy (non-hydrogen) atoms. The lowest BCUT2D eigenvalue weighted by molar-refractivity contribution is -0.214. The van der Waals surface area contributed by atoms with E-state index in [2.05, 4.69) is 57.0 Å². The van der Waals surface area contributed by atoms with Crippen LogP contribution in [0.15, 0.2) is 12.2 Å². The van der Waals surface area contributed by atoms with Gasteiger partial charge in [-0.2, -0.15) is 0 Å². The van der Waals surface area contributed by atoms with Gasteiger partial charge in [-0.1, -0.05) is 46.8 Å². The van der Waals surface area contributed by atoms with Crippen LogP contribution in [-0.4, -0.2) is 68.4 Å². The molecule has 3 saturated carbocycles. The summed E-state index contributed by atoms with van der Waals surface area (Å²) in [5, 5.41) is 2.61. The van der Waals surface area contributed by atoms with Gasteiger partial charge in [-0.25, -0.2) is 4.79 Å². The molecule has 1 N–H and O–H groups in total. The number of nitrogens with zero attached hydrogens (tertiary/aromatic N) is 1. The Bertz CT molecular complexity index is 1030. The fourth-order valence-electron chi connectivity index (χ4n) is 9.74. The molecule has 3 unspecified atom stereocenters. The minimum atomic E-state index is -0.687. The standard InChI is InChI=1S/C32H50N2O6/c1-7-8-12-30(4)16-25(40-29(37)33-28(36)23-18-34-15-11-22(23)17-34)31(5)20(2)9-13-32(14-10-24(35)26(31)32)21(3)27(30)39-19-38-6/h8,12,20-23,25-27H,7,9-11,13-19H2,1-6H3,(H,33,36,37)/b12-8+/t20-,21+,22-,23+,25-,26?,27+,30-,31+,32?/m1/s1. The zero-order valence-electron chi connectivity index (χ0n) is 25.4. The molecule has 5 rings (SSSR count). The predicted molar refractivity (Wildman–Crippen MR) is 151 cm³/mol. The number of ether oxygens (including phenoxy) is 3. The van der Waals surface area contributed by atoms with E-state index >= 15 is 0 Å². The maximum absolute atomic E-state index is 13.8. The van der Waals surface area contributed by atoms with Gasteiger partial charge in [0.2, 0.25) is 5.91 Å². The number of nitrogens with one attached hydrogen (secondary N) is 1. The highest BCUT2D eigenvalue weighted by atomic mass is 16.7. The highest BCUT2D eigenvalue weighted by Gasteiger charge is 2.68. The van der Waals surface area contributed by atoms with Crippen LogP contribution in [0, 0.1) is 45.8 Å². The van der Waals surface area contributed by atoms with E-state index in [4.69, 9.17) is 14.2 Å². The molecule has 0 radical (unpaired) electrons. The Labute approximate surface area is 239 Å². The highest BCUT2D eigenvalue weighted by Crippen LogP contribution is 2.68. The second kappa shape index (κ2) is 11.1. The fourth-order valence-corrected chi connectivity index (χ4v) is 9.74. The monoisotopic (exact) mass is 558 g/mol. The maximum Gasteiger partial charge on any atom is 0.414 e. The van der Waals surface area contributed by atoms with Gasteiger partial charge in [-0.15, -0.1) is 0 Å². The van der Waals surface area contributed by atoms with Gasteiger partial charge in [0, 0.05) is 43.4 Å². The van der Waals surface area contributed by atoms with Gasteiger partial charge in [-0.05, 0) is 68.2 Å². The van der Waals surface area contributed by atoms with Crippen molar-refractivity contribution in [3.63, 3.8) is 0 Å². The number of carbonyl (C=O) groups is 3. The number of alkyl carbamates (subject to hydrolysis) is 1. The number of rotatable bonds is 7. The number of amides is 2. The largest absolute Gasteiger partial charge is 0.445 e. The molecule has 11 atom stereocenters. The molecule has 2 amide bonds. The van der Waals surface area contributed by atoms with E-state index in [1.165, 1.54) is 0 Å². The van der Waals surface area contributed by atoms with Gasteiger partial charge in [0.05, 0.1) is 12.0 Å². The highest BCUT2D eigenvalue weighted by molar-refractivity contribution is 5.93. The first-order valence-electron chi connectivity index (χ1n) is 15.5. The summed E-state index contributed by atoms with van der Waals surface area (Å²) in [6, 6.07) is 0. The quantitative estimate of drug-likeness (QED) is 0.349. The number of hydrogen-bond acceptors (Lipinski definition) is 7. The zero-order valence-corrected chi connectivity index (χ0v) is 25.4. The average Bonchev–Trinajstić information content (AvgIpc) is 3.64. The molecule has 0 aromatic carbocycles. The van der Waals surface area contributed by atoms with Gasteiger partial charge >= 0.3 is 6.09 Å². The number of Topliss-reactive ketones (excluding diaryl/α,β-unsaturated/α-hetero) is 1. The van der Waals surface area contributed by atoms with E-state index in [1.807, 2.05) is 0 Å². The zero-order chi connectivity index (χ0) is 28.9. The molecule has 2 saturated heterocycles. The molecule has 3 aliphatic carbocycles. The summed E-state index contributed by atoms with van der Waals surface area (Å²) in [4.78, 5) is 42.7. The van der Waals surface area contributed by atoms with Crippen LogP contribution in [0.25, 0.3) is 0 Å². The number of fused-ring (bicyclic) bond motifs is 2. The van der Waals surface area contributed by atoms with E-state index in [0.717, 1.165) is 45.2 Å². The molecule has 5 aliphatic rings. The van der Waals surface area contributed by atoms with Crippen LogP contribution >= 0.6 is 0 Å². The summed E-state index contributed by atoms with van der Waals surface area (Å²) in [6.07, 6.45) is 8.60. The first-order valence-corrected chi connectivity index (χ1v) is 15.5. The van der Waals surface area contributed by atoms with Crippen LogP contribution in [0.5, 0.6) is 0 Å². The van der Waals surface area contributed by atoms with Crippen molar-refractivity contribution >= 4 is 17.8 Å². The number of methoxy groups -OCH3 is 1. The number of ketones is 1. The lowest BCUT2D eigenvalue weighted by Crippen LogP contribution is -2.63. The third kappa shape index (κ3) is 4.76. The normalized spacial score (nSPS) is 46.2. The van der Waals surface area contributed by atoms with E-state index in [0.29, 0.717) is 25.3 Å². The van der Waals surface area contributed by atoms with E-state index in [9.17, 15) is 14.4 Å². The number of imide groups is 1. The van der Waals surface area contributed by atoms with Gasteiger partial charge in [-0.3, -0.25) is 14.9 Å². The van der Waals surface area contributed by atoms with E-state index in [-0.39, 0.29) is 53.7 Å². The molecular weight excluding hydrogens is 508 g/mol. The van der Waals surface area contributed by atoms with Crippen molar-refractivity contribution in [2.24, 2.45) is 45.8 Å². The van der Waals surface area contributed by atoms with Crippen molar-refractivity contribution in [1.82, 2.24) is 10.2 Å². The van der Waals surface area contributed by atoms with Gasteiger partial charge in [0.25, 0.3) is 0 Å². The summed E-state index contributed by atoms with van der Waals surface area (Å²) in [6.45, 7) is 13.8. The molecule has 8 heteroatoms. The van der Waals surface area contributed by atoms with Crippen LogP contribution in [-0.2, 0) is 23.8 Å². The number of hydrogen-bond donors (Lipinski definition) is 1. The molecule has 2 aliphatic heterocycles. The van der Waals surface area contributed by atoms with E-state index < -0.39 is 23.0 Å². The minimum Gasteiger partial charge on any atom is -0.445 e. The van der Waals surface area contributed by atoms with Gasteiger partial charge in [0.1, 0.15) is 18.7 Å². The second-order valence-corrected chi connectivity index (χ2v) is 14.0. The summed E-state index contributed by atoms with van der Waals surface area (Å²) in [7, 11) is 1.63. The van der Waals surface area contributed by atoms with E-state index in [1.54, 1.807) is 7.11 Å². The number of carbonyl (C=O) groups excluding carboxylic acids is 3. The molecule has 224 valence electrons. The number of piperidine rings is 1. The molecule has 0 aromatic heterocycles. The van der Waals surface area contributed by atoms with Crippen molar-refractivity contribution in [2.45, 2.75) is 91.8 Å². The average molecular weight is 559 g/mol. The summed E-state index contributed by atoms with van der Waals surface area (Å²) in [5.41, 5.74) is -1.25. The molecule has 2 heterocycles. The first-order chi connectivity index (χ1) is 19.0. The topological polar surface area (TPSA) is 94.2 Å². The smallest absolute Gasteiger partial charge is 0.414 e. The van der Waals surface area contributed by atoms with Crippen molar-refractivity contribution in [2.75, 3.05) is 33.5 Å². The molecule has 8 nitrogen and oxygen atoms in total. The Kier molecular flexibility index (Phi) is 8.28. The van der Waals surface area contributed by atoms with Crippen LogP contribution < -0.4 is 5.32 Å². The Morgan fingerprint density at radius 3 is 2.58 bits per heavy atom. The van der Waals surface area contributed by atoms with Crippen molar-refractivity contribution < 1.29 is 28.6 Å². The van der Waals surface area contributed by atoms with Crippen LogP contribution in [0.4, 0.5) is 4.79 Å². The SMILES string of the molecule is CC/C=C/[C@]1(C)C[C@@H](OC(=O)NC(=O)[C@H]2CN3CC[C@@H]2C3)[C@@]2(C)C3C(=O)CCC3(CC[C@H]2C)[C@@H](C)[C@@H]1OCOC. The van der Waals surface area contributed by atoms with Crippen LogP contribution in [0.3, 0.4) is 0 Å². The maximum atomic E-state index is 13.8. The van der Waals surface area contributed by atoms with Crippen molar-refractivity contribution in [3.8, 4) is 0 Å². The minimum absolute atomic E-state index is 0.113. The van der Waals surface area contributed by atoms with Crippen molar-refractivity contribution in [1.29, 1.82) is 0 Å².